The number of rotatable bonds is 4. The topological polar surface area (TPSA) is 53.4 Å². The summed E-state index contributed by atoms with van der Waals surface area (Å²) in [6.07, 6.45) is -4.51. The maximum Gasteiger partial charge on any atom is 0.433 e. The van der Waals surface area contributed by atoms with Crippen LogP contribution in [0.15, 0.2) is 6.07 Å². The van der Waals surface area contributed by atoms with Gasteiger partial charge in [0.05, 0.1) is 6.61 Å². The molecule has 0 N–H and O–H groups in total. The van der Waals surface area contributed by atoms with E-state index in [0.717, 1.165) is 13.1 Å². The number of halogens is 3. The first-order chi connectivity index (χ1) is 7.84. The van der Waals surface area contributed by atoms with Gasteiger partial charge in [-0.1, -0.05) is 0 Å². The van der Waals surface area contributed by atoms with E-state index in [1.165, 1.54) is 0 Å². The van der Waals surface area contributed by atoms with E-state index in [1.54, 1.807) is 6.92 Å². The van der Waals surface area contributed by atoms with Gasteiger partial charge in [0, 0.05) is 13.1 Å². The van der Waals surface area contributed by atoms with Crippen molar-refractivity contribution in [1.82, 2.24) is 9.78 Å². The van der Waals surface area contributed by atoms with E-state index in [2.05, 4.69) is 9.84 Å². The Balaban J connectivity index is 2.65. The summed E-state index contributed by atoms with van der Waals surface area (Å²) in [5, 5.41) is 3.48. The fourth-order valence-electron chi connectivity index (χ4n) is 1.11. The van der Waals surface area contributed by atoms with E-state index in [4.69, 9.17) is 4.74 Å². The molecule has 1 heterocycles. The van der Waals surface area contributed by atoms with Crippen molar-refractivity contribution in [2.24, 2.45) is 7.05 Å². The predicted molar refractivity (Wildman–Crippen MR) is 50.3 cm³/mol. The summed E-state index contributed by atoms with van der Waals surface area (Å²) in [6, 6.07) is 0.721. The Bertz CT molecular complexity index is 401. The third-order valence-electron chi connectivity index (χ3n) is 1.79. The van der Waals surface area contributed by atoms with Gasteiger partial charge >= 0.3 is 12.1 Å². The summed E-state index contributed by atoms with van der Waals surface area (Å²) in [4.78, 5) is 10.9. The standard InChI is InChI=1S/C9H11F3N2O3/c1-3-16-8(15)5-17-7-4-6(9(10,11)12)14(2)13-7/h4H,3,5H2,1-2H3. The van der Waals surface area contributed by atoms with E-state index in [1.807, 2.05) is 0 Å². The van der Waals surface area contributed by atoms with Crippen molar-refractivity contribution >= 4 is 5.97 Å². The van der Waals surface area contributed by atoms with Crippen LogP contribution in [-0.4, -0.2) is 29.0 Å². The van der Waals surface area contributed by atoms with Crippen molar-refractivity contribution in [2.75, 3.05) is 13.2 Å². The van der Waals surface area contributed by atoms with Crippen molar-refractivity contribution in [2.45, 2.75) is 13.1 Å². The number of nitrogens with zero attached hydrogens (tertiary/aromatic N) is 2. The molecule has 0 aliphatic carbocycles. The van der Waals surface area contributed by atoms with Crippen molar-refractivity contribution in [1.29, 1.82) is 0 Å². The molecule has 1 aromatic heterocycles. The monoisotopic (exact) mass is 252 g/mol. The van der Waals surface area contributed by atoms with E-state index >= 15 is 0 Å². The minimum absolute atomic E-state index is 0.179. The predicted octanol–water partition coefficient (Wildman–Crippen LogP) is 1.38. The number of esters is 1. The first-order valence-corrected chi connectivity index (χ1v) is 4.74. The fourth-order valence-corrected chi connectivity index (χ4v) is 1.11. The van der Waals surface area contributed by atoms with Gasteiger partial charge in [0.2, 0.25) is 5.88 Å². The number of carbonyl (C=O) groups excluding carboxylic acids is 1. The van der Waals surface area contributed by atoms with Gasteiger partial charge in [0.1, 0.15) is 5.69 Å². The Hall–Kier alpha value is -1.73. The van der Waals surface area contributed by atoms with E-state index in [0.29, 0.717) is 4.68 Å². The summed E-state index contributed by atoms with van der Waals surface area (Å²) in [7, 11) is 1.14. The average molecular weight is 252 g/mol. The van der Waals surface area contributed by atoms with Crippen molar-refractivity contribution in [3.05, 3.63) is 11.8 Å². The average Bonchev–Trinajstić information content (AvgIpc) is 2.57. The maximum atomic E-state index is 12.4. The van der Waals surface area contributed by atoms with Crippen LogP contribution in [0.5, 0.6) is 5.88 Å². The van der Waals surface area contributed by atoms with Gasteiger partial charge in [-0.25, -0.2) is 4.79 Å². The Morgan fingerprint density at radius 2 is 2.18 bits per heavy atom. The van der Waals surface area contributed by atoms with Crippen molar-refractivity contribution in [3.8, 4) is 5.88 Å². The van der Waals surface area contributed by atoms with Crippen LogP contribution >= 0.6 is 0 Å². The summed E-state index contributed by atoms with van der Waals surface area (Å²) >= 11 is 0. The second-order valence-corrected chi connectivity index (χ2v) is 3.08. The molecule has 5 nitrogen and oxygen atoms in total. The number of alkyl halides is 3. The van der Waals surface area contributed by atoms with Crippen LogP contribution in [0.25, 0.3) is 0 Å². The number of aryl methyl sites for hydroxylation is 1. The molecule has 0 aromatic carbocycles. The van der Waals surface area contributed by atoms with Crippen LogP contribution in [-0.2, 0) is 22.8 Å². The molecule has 8 heteroatoms. The smallest absolute Gasteiger partial charge is 0.433 e. The number of ether oxygens (including phenoxy) is 2. The van der Waals surface area contributed by atoms with Gasteiger partial charge in [-0.05, 0) is 6.92 Å². The maximum absolute atomic E-state index is 12.4. The highest BCUT2D eigenvalue weighted by molar-refractivity contribution is 5.70. The molecular formula is C9H11F3N2O3. The Labute approximate surface area is 95.1 Å². The summed E-state index contributed by atoms with van der Waals surface area (Å²) in [5.74, 6) is -0.931. The van der Waals surface area contributed by atoms with Gasteiger partial charge in [-0.3, -0.25) is 4.68 Å². The molecule has 1 rings (SSSR count). The quantitative estimate of drug-likeness (QED) is 0.760. The molecule has 0 saturated heterocycles. The SMILES string of the molecule is CCOC(=O)COc1cc(C(F)(F)F)n(C)n1. The molecule has 0 aliphatic rings. The Morgan fingerprint density at radius 1 is 1.53 bits per heavy atom. The first-order valence-electron chi connectivity index (χ1n) is 4.74. The molecule has 0 atom stereocenters. The molecule has 0 bridgehead atoms. The highest BCUT2D eigenvalue weighted by Gasteiger charge is 2.35. The number of hydrogen-bond acceptors (Lipinski definition) is 4. The minimum atomic E-state index is -4.51. The zero-order chi connectivity index (χ0) is 13.1. The minimum Gasteiger partial charge on any atom is -0.465 e. The highest BCUT2D eigenvalue weighted by Crippen LogP contribution is 2.30. The Morgan fingerprint density at radius 3 is 2.65 bits per heavy atom. The van der Waals surface area contributed by atoms with Crippen molar-refractivity contribution < 1.29 is 27.4 Å². The lowest BCUT2D eigenvalue weighted by atomic mass is 10.4. The lowest BCUT2D eigenvalue weighted by Crippen LogP contribution is -2.14. The highest BCUT2D eigenvalue weighted by atomic mass is 19.4. The van der Waals surface area contributed by atoms with Gasteiger partial charge in [-0.2, -0.15) is 13.2 Å². The summed E-state index contributed by atoms with van der Waals surface area (Å²) in [6.45, 7) is 1.32. The normalized spacial score (nSPS) is 11.4. The number of hydrogen-bond donors (Lipinski definition) is 0. The molecule has 96 valence electrons. The molecule has 0 amide bonds. The summed E-state index contributed by atoms with van der Waals surface area (Å²) in [5.41, 5.74) is -0.948. The van der Waals surface area contributed by atoms with Crippen LogP contribution in [0.4, 0.5) is 13.2 Å². The van der Waals surface area contributed by atoms with Gasteiger partial charge in [0.25, 0.3) is 0 Å². The fraction of sp³-hybridized carbons (Fsp3) is 0.556. The van der Waals surface area contributed by atoms with Crippen LogP contribution in [0.3, 0.4) is 0 Å². The third kappa shape index (κ3) is 3.65. The van der Waals surface area contributed by atoms with Gasteiger partial charge in [-0.15, -0.1) is 5.10 Å². The number of aromatic nitrogens is 2. The van der Waals surface area contributed by atoms with E-state index in [9.17, 15) is 18.0 Å². The molecule has 0 aliphatic heterocycles. The third-order valence-corrected chi connectivity index (χ3v) is 1.79. The van der Waals surface area contributed by atoms with Gasteiger partial charge in [0.15, 0.2) is 6.61 Å². The number of carbonyl (C=O) groups is 1. The molecule has 1 aromatic rings. The van der Waals surface area contributed by atoms with E-state index in [-0.39, 0.29) is 12.5 Å². The molecular weight excluding hydrogens is 241 g/mol. The molecule has 0 radical (unpaired) electrons. The Kier molecular flexibility index (Phi) is 3.97. The molecule has 0 spiro atoms. The van der Waals surface area contributed by atoms with Crippen LogP contribution in [0.2, 0.25) is 0 Å². The summed E-state index contributed by atoms with van der Waals surface area (Å²) < 4.78 is 47.1. The molecule has 0 saturated carbocycles. The zero-order valence-corrected chi connectivity index (χ0v) is 9.24. The lowest BCUT2D eigenvalue weighted by molar-refractivity contribution is -0.145. The van der Waals surface area contributed by atoms with Crippen LogP contribution in [0, 0.1) is 0 Å². The molecule has 0 unspecified atom stereocenters. The zero-order valence-electron chi connectivity index (χ0n) is 9.24. The second kappa shape index (κ2) is 5.07. The van der Waals surface area contributed by atoms with Crippen LogP contribution in [0.1, 0.15) is 12.6 Å². The van der Waals surface area contributed by atoms with Crippen LogP contribution < -0.4 is 4.74 Å². The lowest BCUT2D eigenvalue weighted by Gasteiger charge is -2.04. The van der Waals surface area contributed by atoms with Crippen molar-refractivity contribution in [3.63, 3.8) is 0 Å². The molecule has 0 fully saturated rings. The van der Waals surface area contributed by atoms with E-state index < -0.39 is 24.4 Å². The first kappa shape index (κ1) is 13.3. The second-order valence-electron chi connectivity index (χ2n) is 3.08. The molecule has 17 heavy (non-hydrogen) atoms. The van der Waals surface area contributed by atoms with Gasteiger partial charge < -0.3 is 9.47 Å². The largest absolute Gasteiger partial charge is 0.465 e.